The SMILES string of the molecule is Cc1ccc(NC(=O)c2ccc(-c3cc(C(F)(F)F)nn3-c3ccccc3Cl)cc2)cc1O. The molecule has 0 aliphatic rings. The highest BCUT2D eigenvalue weighted by atomic mass is 35.5. The number of carbonyl (C=O) groups excluding carboxylic acids is 1. The maximum atomic E-state index is 13.4. The number of carbonyl (C=O) groups is 1. The van der Waals surface area contributed by atoms with Crippen molar-refractivity contribution in [2.75, 3.05) is 5.32 Å². The van der Waals surface area contributed by atoms with Crippen LogP contribution in [-0.4, -0.2) is 20.8 Å². The molecule has 4 aromatic rings. The van der Waals surface area contributed by atoms with Crippen LogP contribution in [0.1, 0.15) is 21.6 Å². The third kappa shape index (κ3) is 4.70. The van der Waals surface area contributed by atoms with Crippen LogP contribution in [0.15, 0.2) is 72.8 Å². The van der Waals surface area contributed by atoms with Crippen molar-refractivity contribution in [3.8, 4) is 22.7 Å². The predicted octanol–water partition coefficient (Wildman–Crippen LogP) is 6.48. The summed E-state index contributed by atoms with van der Waals surface area (Å²) in [5.74, 6) is -0.378. The van der Waals surface area contributed by atoms with Gasteiger partial charge >= 0.3 is 6.18 Å². The number of alkyl halides is 3. The van der Waals surface area contributed by atoms with Crippen molar-refractivity contribution in [3.05, 3.63) is 94.6 Å². The topological polar surface area (TPSA) is 67.2 Å². The summed E-state index contributed by atoms with van der Waals surface area (Å²) in [4.78, 5) is 12.6. The molecule has 0 unspecified atom stereocenters. The van der Waals surface area contributed by atoms with Crippen molar-refractivity contribution in [1.82, 2.24) is 9.78 Å². The molecule has 0 aliphatic carbocycles. The van der Waals surface area contributed by atoms with E-state index in [4.69, 9.17) is 11.6 Å². The highest BCUT2D eigenvalue weighted by Crippen LogP contribution is 2.34. The zero-order valence-corrected chi connectivity index (χ0v) is 17.9. The lowest BCUT2D eigenvalue weighted by Gasteiger charge is -2.10. The second-order valence-corrected chi connectivity index (χ2v) is 7.72. The van der Waals surface area contributed by atoms with Crippen molar-refractivity contribution >= 4 is 23.2 Å². The zero-order chi connectivity index (χ0) is 23.8. The Morgan fingerprint density at radius 2 is 1.73 bits per heavy atom. The van der Waals surface area contributed by atoms with Crippen LogP contribution in [0.4, 0.5) is 18.9 Å². The molecule has 0 atom stereocenters. The molecule has 33 heavy (non-hydrogen) atoms. The van der Waals surface area contributed by atoms with Crippen LogP contribution in [0.3, 0.4) is 0 Å². The summed E-state index contributed by atoms with van der Waals surface area (Å²) in [5, 5.41) is 16.4. The predicted molar refractivity (Wildman–Crippen MR) is 120 cm³/mol. The van der Waals surface area contributed by atoms with E-state index in [1.807, 2.05) is 0 Å². The molecule has 5 nitrogen and oxygen atoms in total. The Hall–Kier alpha value is -3.78. The Morgan fingerprint density at radius 3 is 2.36 bits per heavy atom. The van der Waals surface area contributed by atoms with E-state index in [1.54, 1.807) is 43.3 Å². The average Bonchev–Trinajstić information content (AvgIpc) is 3.22. The number of amides is 1. The number of halogens is 4. The van der Waals surface area contributed by atoms with Gasteiger partial charge in [-0.2, -0.15) is 18.3 Å². The number of rotatable bonds is 4. The molecule has 0 saturated carbocycles. The third-order valence-corrected chi connectivity index (χ3v) is 5.31. The number of phenols is 1. The molecule has 2 N–H and O–H groups in total. The molecule has 3 aromatic carbocycles. The second kappa shape index (κ2) is 8.63. The Bertz CT molecular complexity index is 1330. The number of para-hydroxylation sites is 1. The van der Waals surface area contributed by atoms with E-state index in [-0.39, 0.29) is 16.5 Å². The fourth-order valence-corrected chi connectivity index (χ4v) is 3.43. The maximum Gasteiger partial charge on any atom is 0.435 e. The van der Waals surface area contributed by atoms with Gasteiger partial charge in [0.2, 0.25) is 0 Å². The van der Waals surface area contributed by atoms with Crippen LogP contribution < -0.4 is 5.32 Å². The minimum Gasteiger partial charge on any atom is -0.508 e. The van der Waals surface area contributed by atoms with Crippen LogP contribution in [0.2, 0.25) is 5.02 Å². The normalized spacial score (nSPS) is 11.4. The number of anilines is 1. The summed E-state index contributed by atoms with van der Waals surface area (Å²) in [7, 11) is 0. The smallest absolute Gasteiger partial charge is 0.435 e. The Kier molecular flexibility index (Phi) is 5.86. The molecule has 0 bridgehead atoms. The summed E-state index contributed by atoms with van der Waals surface area (Å²) in [6, 6.07) is 18.2. The van der Waals surface area contributed by atoms with E-state index in [1.165, 1.54) is 30.3 Å². The molecule has 0 aliphatic heterocycles. The minimum absolute atomic E-state index is 0.0523. The van der Waals surface area contributed by atoms with Crippen LogP contribution in [0, 0.1) is 6.92 Å². The molecule has 1 heterocycles. The van der Waals surface area contributed by atoms with Gasteiger partial charge in [-0.25, -0.2) is 4.68 Å². The fourth-order valence-electron chi connectivity index (χ4n) is 3.22. The van der Waals surface area contributed by atoms with Gasteiger partial charge in [-0.1, -0.05) is 41.9 Å². The summed E-state index contributed by atoms with van der Waals surface area (Å²) in [5.41, 5.74) is 1.21. The number of aromatic hydroxyl groups is 1. The lowest BCUT2D eigenvalue weighted by Crippen LogP contribution is -2.11. The summed E-state index contributed by atoms with van der Waals surface area (Å²) >= 11 is 6.19. The van der Waals surface area contributed by atoms with Crippen molar-refractivity contribution in [1.29, 1.82) is 0 Å². The number of aryl methyl sites for hydroxylation is 1. The molecule has 4 rings (SSSR count). The van der Waals surface area contributed by atoms with Crippen molar-refractivity contribution in [2.45, 2.75) is 13.1 Å². The lowest BCUT2D eigenvalue weighted by atomic mass is 10.1. The third-order valence-electron chi connectivity index (χ3n) is 4.99. The number of hydrogen-bond acceptors (Lipinski definition) is 3. The van der Waals surface area contributed by atoms with E-state index in [0.717, 1.165) is 10.7 Å². The van der Waals surface area contributed by atoms with Gasteiger partial charge in [-0.15, -0.1) is 0 Å². The maximum absolute atomic E-state index is 13.4. The van der Waals surface area contributed by atoms with Gasteiger partial charge in [0.15, 0.2) is 5.69 Å². The molecular formula is C24H17ClF3N3O2. The summed E-state index contributed by atoms with van der Waals surface area (Å²) < 4.78 is 41.2. The number of benzene rings is 3. The van der Waals surface area contributed by atoms with Crippen LogP contribution in [-0.2, 0) is 6.18 Å². The van der Waals surface area contributed by atoms with E-state index >= 15 is 0 Å². The van der Waals surface area contributed by atoms with E-state index in [2.05, 4.69) is 10.4 Å². The van der Waals surface area contributed by atoms with E-state index in [9.17, 15) is 23.1 Å². The first-order chi connectivity index (χ1) is 15.6. The molecular weight excluding hydrogens is 455 g/mol. The van der Waals surface area contributed by atoms with E-state index < -0.39 is 17.8 Å². The van der Waals surface area contributed by atoms with Gasteiger partial charge < -0.3 is 10.4 Å². The molecule has 1 aromatic heterocycles. The molecule has 0 radical (unpaired) electrons. The van der Waals surface area contributed by atoms with Crippen LogP contribution >= 0.6 is 11.6 Å². The highest BCUT2D eigenvalue weighted by molar-refractivity contribution is 6.32. The summed E-state index contributed by atoms with van der Waals surface area (Å²) in [6.07, 6.45) is -4.64. The minimum atomic E-state index is -4.64. The standard InChI is InChI=1S/C24H17ClF3N3O2/c1-14-6-11-17(12-21(14)32)29-23(33)16-9-7-15(8-10-16)20-13-22(24(26,27)28)30-31(20)19-5-3-2-4-18(19)25/h2-13,32H,1H3,(H,29,33). The number of phenolic OH excluding ortho intramolecular Hbond substituents is 1. The molecule has 9 heteroatoms. The molecule has 1 amide bonds. The van der Waals surface area contributed by atoms with Crippen molar-refractivity contribution in [2.24, 2.45) is 0 Å². The molecule has 0 saturated heterocycles. The highest BCUT2D eigenvalue weighted by Gasteiger charge is 2.35. The Morgan fingerprint density at radius 1 is 1.03 bits per heavy atom. The Labute approximate surface area is 192 Å². The fraction of sp³-hybridized carbons (Fsp3) is 0.0833. The van der Waals surface area contributed by atoms with E-state index in [0.29, 0.717) is 28.1 Å². The number of hydrogen-bond donors (Lipinski definition) is 2. The van der Waals surface area contributed by atoms with Crippen LogP contribution in [0.5, 0.6) is 5.75 Å². The molecule has 0 fully saturated rings. The first-order valence-electron chi connectivity index (χ1n) is 9.77. The van der Waals surface area contributed by atoms with Gasteiger partial charge in [0.05, 0.1) is 16.4 Å². The first kappa shape index (κ1) is 22.4. The van der Waals surface area contributed by atoms with Gasteiger partial charge in [-0.3, -0.25) is 4.79 Å². The quantitative estimate of drug-likeness (QED) is 0.358. The molecule has 168 valence electrons. The van der Waals surface area contributed by atoms with Gasteiger partial charge in [0.25, 0.3) is 5.91 Å². The number of aromatic nitrogens is 2. The first-order valence-corrected chi connectivity index (χ1v) is 10.1. The monoisotopic (exact) mass is 471 g/mol. The van der Waals surface area contributed by atoms with Crippen LogP contribution in [0.25, 0.3) is 16.9 Å². The Balaban J connectivity index is 1.67. The van der Waals surface area contributed by atoms with Crippen molar-refractivity contribution in [3.63, 3.8) is 0 Å². The average molecular weight is 472 g/mol. The lowest BCUT2D eigenvalue weighted by molar-refractivity contribution is -0.141. The number of nitrogens with one attached hydrogen (secondary N) is 1. The summed E-state index contributed by atoms with van der Waals surface area (Å²) in [6.45, 7) is 1.73. The van der Waals surface area contributed by atoms with Gasteiger partial charge in [-0.05, 0) is 48.9 Å². The van der Waals surface area contributed by atoms with Crippen molar-refractivity contribution < 1.29 is 23.1 Å². The number of nitrogens with zero attached hydrogens (tertiary/aromatic N) is 2. The van der Waals surface area contributed by atoms with Gasteiger partial charge in [0.1, 0.15) is 5.75 Å². The van der Waals surface area contributed by atoms with Gasteiger partial charge in [0, 0.05) is 22.9 Å². The molecule has 0 spiro atoms. The zero-order valence-electron chi connectivity index (χ0n) is 17.2. The second-order valence-electron chi connectivity index (χ2n) is 7.31. The largest absolute Gasteiger partial charge is 0.508 e.